The number of ether oxygens (including phenoxy) is 1. The number of hydrogen-bond acceptors (Lipinski definition) is 4. The number of hydrogen-bond donors (Lipinski definition) is 1. The molecule has 0 bridgehead atoms. The average Bonchev–Trinajstić information content (AvgIpc) is 2.29. The molecule has 0 aliphatic carbocycles. The highest BCUT2D eigenvalue weighted by Crippen LogP contribution is 2.23. The summed E-state index contributed by atoms with van der Waals surface area (Å²) >= 11 is 0. The van der Waals surface area contributed by atoms with Gasteiger partial charge in [-0.2, -0.15) is 0 Å². The Morgan fingerprint density at radius 2 is 1.82 bits per heavy atom. The molecule has 17 heavy (non-hydrogen) atoms. The fourth-order valence-corrected chi connectivity index (χ4v) is 1.30. The SMILES string of the molecule is [B]C(Oc1ccccc1CO)(C(C)=O)C(C)=O. The summed E-state index contributed by atoms with van der Waals surface area (Å²) < 4.78 is 5.27. The Morgan fingerprint density at radius 3 is 2.29 bits per heavy atom. The molecular formula is C12H13BO4. The smallest absolute Gasteiger partial charge is 0.177 e. The van der Waals surface area contributed by atoms with Gasteiger partial charge in [0.1, 0.15) is 5.75 Å². The third-order valence-electron chi connectivity index (χ3n) is 2.46. The zero-order chi connectivity index (χ0) is 13.1. The molecule has 1 N–H and O–H groups in total. The van der Waals surface area contributed by atoms with E-state index in [1.165, 1.54) is 13.8 Å². The van der Waals surface area contributed by atoms with Gasteiger partial charge in [-0.15, -0.1) is 0 Å². The molecule has 0 amide bonds. The van der Waals surface area contributed by atoms with Crippen molar-refractivity contribution in [3.63, 3.8) is 0 Å². The van der Waals surface area contributed by atoms with Crippen LogP contribution in [-0.4, -0.2) is 30.0 Å². The van der Waals surface area contributed by atoms with E-state index in [1.54, 1.807) is 24.3 Å². The van der Waals surface area contributed by atoms with Gasteiger partial charge in [0.2, 0.25) is 0 Å². The first kappa shape index (κ1) is 13.4. The van der Waals surface area contributed by atoms with E-state index in [2.05, 4.69) is 0 Å². The van der Waals surface area contributed by atoms with Gasteiger partial charge in [-0.25, -0.2) is 0 Å². The predicted octanol–water partition coefficient (Wildman–Crippen LogP) is 0.600. The van der Waals surface area contributed by atoms with E-state index < -0.39 is 17.1 Å². The first-order valence-electron chi connectivity index (χ1n) is 5.10. The first-order chi connectivity index (χ1) is 7.91. The minimum atomic E-state index is -1.99. The van der Waals surface area contributed by atoms with Crippen LogP contribution in [0.4, 0.5) is 0 Å². The Hall–Kier alpha value is -1.62. The number of rotatable bonds is 5. The summed E-state index contributed by atoms with van der Waals surface area (Å²) in [6.45, 7) is 2.11. The molecule has 1 rings (SSSR count). The van der Waals surface area contributed by atoms with Gasteiger partial charge in [0.05, 0.1) is 6.61 Å². The van der Waals surface area contributed by atoms with Crippen LogP contribution in [0.2, 0.25) is 0 Å². The number of aliphatic hydroxyl groups excluding tert-OH is 1. The Kier molecular flexibility index (Phi) is 4.07. The summed E-state index contributed by atoms with van der Waals surface area (Å²) in [4.78, 5) is 22.8. The van der Waals surface area contributed by atoms with Crippen LogP contribution in [-0.2, 0) is 16.2 Å². The van der Waals surface area contributed by atoms with Crippen molar-refractivity contribution in [3.8, 4) is 5.75 Å². The average molecular weight is 232 g/mol. The topological polar surface area (TPSA) is 63.6 Å². The van der Waals surface area contributed by atoms with Crippen LogP contribution in [0.25, 0.3) is 0 Å². The summed E-state index contributed by atoms with van der Waals surface area (Å²) in [5.74, 6) is -0.946. The minimum absolute atomic E-state index is 0.225. The lowest BCUT2D eigenvalue weighted by Crippen LogP contribution is -2.50. The zero-order valence-corrected chi connectivity index (χ0v) is 9.77. The molecule has 0 aliphatic heterocycles. The third-order valence-corrected chi connectivity index (χ3v) is 2.46. The highest BCUT2D eigenvalue weighted by atomic mass is 16.5. The second-order valence-electron chi connectivity index (χ2n) is 3.72. The third kappa shape index (κ3) is 2.74. The van der Waals surface area contributed by atoms with Crippen LogP contribution < -0.4 is 4.74 Å². The van der Waals surface area contributed by atoms with Gasteiger partial charge < -0.3 is 9.84 Å². The highest BCUT2D eigenvalue weighted by Gasteiger charge is 2.37. The van der Waals surface area contributed by atoms with Crippen molar-refractivity contribution < 1.29 is 19.4 Å². The van der Waals surface area contributed by atoms with Crippen molar-refractivity contribution in [2.75, 3.05) is 0 Å². The Labute approximate surface area is 101 Å². The van der Waals surface area contributed by atoms with Gasteiger partial charge >= 0.3 is 0 Å². The van der Waals surface area contributed by atoms with Crippen LogP contribution in [0.15, 0.2) is 24.3 Å². The lowest BCUT2D eigenvalue weighted by molar-refractivity contribution is -0.137. The van der Waals surface area contributed by atoms with E-state index in [-0.39, 0.29) is 12.4 Å². The van der Waals surface area contributed by atoms with Crippen LogP contribution in [0.5, 0.6) is 5.75 Å². The second kappa shape index (κ2) is 5.14. The lowest BCUT2D eigenvalue weighted by atomic mass is 9.75. The quantitative estimate of drug-likeness (QED) is 0.596. The van der Waals surface area contributed by atoms with E-state index in [9.17, 15) is 9.59 Å². The summed E-state index contributed by atoms with van der Waals surface area (Å²) in [5.41, 5.74) is -1.53. The highest BCUT2D eigenvalue weighted by molar-refractivity contribution is 6.40. The number of carbonyl (C=O) groups is 2. The summed E-state index contributed by atoms with van der Waals surface area (Å²) in [7, 11) is 5.64. The molecule has 0 unspecified atom stereocenters. The van der Waals surface area contributed by atoms with E-state index >= 15 is 0 Å². The fraction of sp³-hybridized carbons (Fsp3) is 0.333. The molecule has 5 heteroatoms. The molecule has 0 aliphatic rings. The molecule has 4 nitrogen and oxygen atoms in total. The zero-order valence-electron chi connectivity index (χ0n) is 9.77. The molecule has 0 spiro atoms. The summed E-state index contributed by atoms with van der Waals surface area (Å²) in [6.07, 6.45) is 0. The molecular weight excluding hydrogens is 219 g/mol. The standard InChI is InChI=1S/C12H13BO4/c1-8(15)12(13,9(2)16)17-11-6-4-3-5-10(11)7-14/h3-6,14H,7H2,1-2H3. The van der Waals surface area contributed by atoms with Gasteiger partial charge in [-0.05, 0) is 19.9 Å². The second-order valence-corrected chi connectivity index (χ2v) is 3.72. The van der Waals surface area contributed by atoms with Crippen molar-refractivity contribution in [1.29, 1.82) is 0 Å². The molecule has 0 aromatic heterocycles. The number of aliphatic hydroxyl groups is 1. The van der Waals surface area contributed by atoms with Crippen molar-refractivity contribution in [2.45, 2.75) is 26.0 Å². The van der Waals surface area contributed by atoms with Crippen LogP contribution in [0.1, 0.15) is 19.4 Å². The molecule has 1 aromatic rings. The van der Waals surface area contributed by atoms with E-state index in [0.29, 0.717) is 5.56 Å². The summed E-state index contributed by atoms with van der Waals surface area (Å²) in [6, 6.07) is 6.53. The maximum absolute atomic E-state index is 11.4. The number of Topliss-reactive ketones (excluding diaryl/α,β-unsaturated/α-hetero) is 2. The molecule has 88 valence electrons. The van der Waals surface area contributed by atoms with Crippen molar-refractivity contribution in [2.24, 2.45) is 0 Å². The molecule has 0 saturated heterocycles. The Morgan fingerprint density at radius 1 is 1.29 bits per heavy atom. The van der Waals surface area contributed by atoms with Crippen LogP contribution in [0.3, 0.4) is 0 Å². The van der Waals surface area contributed by atoms with Crippen molar-refractivity contribution >= 4 is 19.4 Å². The van der Waals surface area contributed by atoms with Crippen LogP contribution >= 0.6 is 0 Å². The van der Waals surface area contributed by atoms with Gasteiger partial charge in [0.25, 0.3) is 0 Å². The number of para-hydroxylation sites is 1. The molecule has 0 fully saturated rings. The number of ketones is 2. The van der Waals surface area contributed by atoms with Gasteiger partial charge in [-0.3, -0.25) is 9.59 Å². The summed E-state index contributed by atoms with van der Waals surface area (Å²) in [5, 5.41) is 9.10. The molecule has 0 saturated carbocycles. The molecule has 2 radical (unpaired) electrons. The fourth-order valence-electron chi connectivity index (χ4n) is 1.30. The first-order valence-corrected chi connectivity index (χ1v) is 5.10. The largest absolute Gasteiger partial charge is 0.482 e. The predicted molar refractivity (Wildman–Crippen MR) is 62.8 cm³/mol. The van der Waals surface area contributed by atoms with Crippen molar-refractivity contribution in [3.05, 3.63) is 29.8 Å². The monoisotopic (exact) mass is 232 g/mol. The Bertz CT molecular complexity index is 428. The number of benzene rings is 1. The lowest BCUT2D eigenvalue weighted by Gasteiger charge is -2.27. The van der Waals surface area contributed by atoms with Crippen molar-refractivity contribution in [1.82, 2.24) is 0 Å². The maximum Gasteiger partial charge on any atom is 0.177 e. The van der Waals surface area contributed by atoms with E-state index in [4.69, 9.17) is 17.7 Å². The normalized spacial score (nSPS) is 11.0. The van der Waals surface area contributed by atoms with E-state index in [0.717, 1.165) is 0 Å². The van der Waals surface area contributed by atoms with Gasteiger partial charge in [0.15, 0.2) is 24.9 Å². The maximum atomic E-state index is 11.4. The number of carbonyl (C=O) groups excluding carboxylic acids is 2. The van der Waals surface area contributed by atoms with Crippen LogP contribution in [0, 0.1) is 0 Å². The Balaban J connectivity index is 3.11. The van der Waals surface area contributed by atoms with Gasteiger partial charge in [0, 0.05) is 5.56 Å². The molecule has 1 aromatic carbocycles. The molecule has 0 atom stereocenters. The molecule has 0 heterocycles. The van der Waals surface area contributed by atoms with Gasteiger partial charge in [-0.1, -0.05) is 18.2 Å². The van der Waals surface area contributed by atoms with E-state index in [1.807, 2.05) is 0 Å². The minimum Gasteiger partial charge on any atom is -0.482 e.